The number of nitrogens with one attached hydrogen (secondary N) is 1. The molecular formula is C28H32N4OS. The van der Waals surface area contributed by atoms with E-state index in [2.05, 4.69) is 60.8 Å². The number of aromatic nitrogens is 2. The van der Waals surface area contributed by atoms with Gasteiger partial charge in [0.1, 0.15) is 0 Å². The van der Waals surface area contributed by atoms with Crippen molar-refractivity contribution in [1.29, 1.82) is 0 Å². The second-order valence-corrected chi connectivity index (χ2v) is 10.6. The van der Waals surface area contributed by atoms with Gasteiger partial charge >= 0.3 is 0 Å². The van der Waals surface area contributed by atoms with E-state index < -0.39 is 0 Å². The number of aliphatic hydroxyl groups excluding tert-OH is 1. The molecule has 2 N–H and O–H groups in total. The number of rotatable bonds is 5. The zero-order chi connectivity index (χ0) is 23.3. The first kappa shape index (κ1) is 23.1. The van der Waals surface area contributed by atoms with Crippen LogP contribution < -0.4 is 5.32 Å². The van der Waals surface area contributed by atoms with Gasteiger partial charge < -0.3 is 10.4 Å². The molecule has 0 spiro atoms. The predicted octanol–water partition coefficient (Wildman–Crippen LogP) is 6.50. The molecule has 2 aromatic carbocycles. The van der Waals surface area contributed by atoms with Crippen molar-refractivity contribution in [3.63, 3.8) is 0 Å². The van der Waals surface area contributed by atoms with Crippen LogP contribution in [0.5, 0.6) is 0 Å². The molecule has 6 heteroatoms. The summed E-state index contributed by atoms with van der Waals surface area (Å²) in [7, 11) is 0. The lowest BCUT2D eigenvalue weighted by Gasteiger charge is -2.26. The maximum absolute atomic E-state index is 9.86. The Labute approximate surface area is 206 Å². The highest BCUT2D eigenvalue weighted by Crippen LogP contribution is 2.38. The van der Waals surface area contributed by atoms with Crippen LogP contribution in [-0.2, 0) is 6.42 Å². The number of aliphatic hydroxyl groups is 1. The van der Waals surface area contributed by atoms with Crippen molar-refractivity contribution >= 4 is 28.6 Å². The first-order chi connectivity index (χ1) is 16.6. The smallest absolute Gasteiger partial charge is 0.225 e. The van der Waals surface area contributed by atoms with Gasteiger partial charge in [0.15, 0.2) is 5.82 Å². The molecule has 0 saturated heterocycles. The van der Waals surface area contributed by atoms with Gasteiger partial charge in [-0.05, 0) is 61.6 Å². The van der Waals surface area contributed by atoms with Gasteiger partial charge in [-0.15, -0.1) is 0 Å². The van der Waals surface area contributed by atoms with Crippen molar-refractivity contribution in [2.45, 2.75) is 74.8 Å². The Hall–Kier alpha value is -2.70. The van der Waals surface area contributed by atoms with Crippen LogP contribution in [0.4, 0.5) is 11.8 Å². The molecule has 5 rings (SSSR count). The summed E-state index contributed by atoms with van der Waals surface area (Å²) in [6.45, 7) is 2.30. The monoisotopic (exact) mass is 472 g/mol. The number of hydrogen-bond donors (Lipinski definition) is 2. The van der Waals surface area contributed by atoms with Crippen molar-refractivity contribution < 1.29 is 5.11 Å². The average molecular weight is 473 g/mol. The minimum Gasteiger partial charge on any atom is -0.393 e. The highest BCUT2D eigenvalue weighted by atomic mass is 32.2. The highest BCUT2D eigenvalue weighted by Gasteiger charge is 2.21. The van der Waals surface area contributed by atoms with Gasteiger partial charge in [0.25, 0.3) is 0 Å². The minimum atomic E-state index is -0.178. The minimum absolute atomic E-state index is 0.178. The molecule has 1 atom stereocenters. The molecule has 0 bridgehead atoms. The number of thioether (sulfide) groups is 1. The van der Waals surface area contributed by atoms with E-state index in [-0.39, 0.29) is 12.1 Å². The summed E-state index contributed by atoms with van der Waals surface area (Å²) < 4.78 is 0. The molecular weight excluding hydrogens is 440 g/mol. The van der Waals surface area contributed by atoms with E-state index in [1.165, 1.54) is 16.0 Å². The maximum atomic E-state index is 9.86. The topological polar surface area (TPSA) is 70.4 Å². The number of benzene rings is 2. The first-order valence-corrected chi connectivity index (χ1v) is 13.1. The summed E-state index contributed by atoms with van der Waals surface area (Å²) >= 11 is 1.77. The maximum Gasteiger partial charge on any atom is 0.225 e. The molecule has 5 nitrogen and oxygen atoms in total. The molecule has 1 aliphatic carbocycles. The Morgan fingerprint density at radius 1 is 0.971 bits per heavy atom. The second-order valence-electron chi connectivity index (χ2n) is 9.44. The van der Waals surface area contributed by atoms with Crippen LogP contribution in [0.2, 0.25) is 0 Å². The Kier molecular flexibility index (Phi) is 7.26. The Balaban J connectivity index is 1.43. The molecule has 2 aliphatic rings. The lowest BCUT2D eigenvalue weighted by molar-refractivity contribution is 0.126. The van der Waals surface area contributed by atoms with Crippen LogP contribution in [0.3, 0.4) is 0 Å². The highest BCUT2D eigenvalue weighted by molar-refractivity contribution is 8.14. The molecule has 1 unspecified atom stereocenters. The van der Waals surface area contributed by atoms with E-state index in [4.69, 9.17) is 15.0 Å². The van der Waals surface area contributed by atoms with Gasteiger partial charge in [-0.2, -0.15) is 4.98 Å². The number of anilines is 1. The normalized spacial score (nSPS) is 23.8. The largest absolute Gasteiger partial charge is 0.393 e. The molecule has 1 fully saturated rings. The summed E-state index contributed by atoms with van der Waals surface area (Å²) in [6, 6.07) is 21.4. The Morgan fingerprint density at radius 3 is 2.56 bits per heavy atom. The third-order valence-electron chi connectivity index (χ3n) is 6.73. The lowest BCUT2D eigenvalue weighted by Crippen LogP contribution is -2.29. The Morgan fingerprint density at radius 2 is 1.74 bits per heavy atom. The van der Waals surface area contributed by atoms with Crippen LogP contribution in [-0.4, -0.2) is 32.3 Å². The molecule has 34 heavy (non-hydrogen) atoms. The van der Waals surface area contributed by atoms with E-state index in [0.29, 0.717) is 17.7 Å². The zero-order valence-corrected chi connectivity index (χ0v) is 20.5. The number of aliphatic imine (C=N–C) groups is 1. The Bertz CT molecular complexity index is 1140. The summed E-state index contributed by atoms with van der Waals surface area (Å²) in [4.78, 5) is 16.0. The van der Waals surface area contributed by atoms with Gasteiger partial charge in [0.05, 0.1) is 16.8 Å². The van der Waals surface area contributed by atoms with Crippen molar-refractivity contribution in [1.82, 2.24) is 9.97 Å². The van der Waals surface area contributed by atoms with Crippen LogP contribution in [0, 0.1) is 0 Å². The third kappa shape index (κ3) is 5.86. The molecule has 0 radical (unpaired) electrons. The molecule has 3 aromatic rings. The zero-order valence-electron chi connectivity index (χ0n) is 19.7. The average Bonchev–Trinajstić information content (AvgIpc) is 3.00. The second kappa shape index (κ2) is 10.7. The van der Waals surface area contributed by atoms with Crippen LogP contribution >= 0.6 is 11.8 Å². The molecule has 176 valence electrons. The van der Waals surface area contributed by atoms with Crippen molar-refractivity contribution in [3.8, 4) is 0 Å². The van der Waals surface area contributed by atoms with Crippen molar-refractivity contribution in [2.24, 2.45) is 4.99 Å². The summed E-state index contributed by atoms with van der Waals surface area (Å²) in [6.07, 6.45) is 6.11. The summed E-state index contributed by atoms with van der Waals surface area (Å²) in [5.74, 6) is 1.88. The fourth-order valence-corrected chi connectivity index (χ4v) is 5.91. The number of nitrogens with zero attached hydrogens (tertiary/aromatic N) is 3. The molecule has 1 aromatic heterocycles. The summed E-state index contributed by atoms with van der Waals surface area (Å²) in [5.41, 5.74) is 3.59. The molecule has 1 saturated carbocycles. The van der Waals surface area contributed by atoms with E-state index in [0.717, 1.165) is 55.7 Å². The predicted molar refractivity (Wildman–Crippen MR) is 140 cm³/mol. The molecule has 1 aliphatic heterocycles. The summed E-state index contributed by atoms with van der Waals surface area (Å²) in [5, 5.41) is 14.5. The third-order valence-corrected chi connectivity index (χ3v) is 7.85. The molecule has 2 heterocycles. The van der Waals surface area contributed by atoms with Gasteiger partial charge in [0.2, 0.25) is 5.95 Å². The van der Waals surface area contributed by atoms with E-state index in [1.54, 1.807) is 11.8 Å². The van der Waals surface area contributed by atoms with Crippen molar-refractivity contribution in [3.05, 3.63) is 77.5 Å². The number of hydrogen-bond acceptors (Lipinski definition) is 6. The van der Waals surface area contributed by atoms with E-state index in [9.17, 15) is 5.11 Å². The molecule has 0 amide bonds. The van der Waals surface area contributed by atoms with E-state index >= 15 is 0 Å². The van der Waals surface area contributed by atoms with Gasteiger partial charge in [-0.1, -0.05) is 67.2 Å². The van der Waals surface area contributed by atoms with E-state index in [1.807, 2.05) is 12.1 Å². The quantitative estimate of drug-likeness (QED) is 0.443. The van der Waals surface area contributed by atoms with Crippen LogP contribution in [0.15, 0.2) is 70.6 Å². The SMILES string of the molecule is CC1CCC(=Nc2cc(Cc3ccccc3)nc(NC3CCC(O)CC3)n2)Sc2ccccc21. The van der Waals surface area contributed by atoms with Gasteiger partial charge in [-0.25, -0.2) is 9.98 Å². The van der Waals surface area contributed by atoms with Gasteiger partial charge in [-0.3, -0.25) is 0 Å². The fourth-order valence-electron chi connectivity index (χ4n) is 4.76. The van der Waals surface area contributed by atoms with Crippen LogP contribution in [0.25, 0.3) is 0 Å². The van der Waals surface area contributed by atoms with Crippen molar-refractivity contribution in [2.75, 3.05) is 5.32 Å². The fraction of sp³-hybridized carbons (Fsp3) is 0.393. The number of fused-ring (bicyclic) bond motifs is 1. The van der Waals surface area contributed by atoms with Crippen LogP contribution in [0.1, 0.15) is 68.2 Å². The first-order valence-electron chi connectivity index (χ1n) is 12.3. The lowest BCUT2D eigenvalue weighted by atomic mass is 9.93. The van der Waals surface area contributed by atoms with Gasteiger partial charge in [0, 0.05) is 23.4 Å². The standard InChI is InChI=1S/C28H32N4OS/c1-19-11-16-27(34-25-10-6-5-9-24(19)25)31-26-18-22(17-20-7-3-2-4-8-20)30-28(32-26)29-21-12-14-23(33)15-13-21/h2-10,18-19,21,23,33H,11-17H2,1H3,(H,29,30,32).